The second-order valence-corrected chi connectivity index (χ2v) is 5.53. The average Bonchev–Trinajstić information content (AvgIpc) is 2.91. The number of benzene rings is 2. The number of fused-ring (bicyclic) bond motifs is 1. The van der Waals surface area contributed by atoms with E-state index in [4.69, 9.17) is 0 Å². The molecule has 0 aliphatic carbocycles. The average molecular weight is 280 g/mol. The van der Waals surface area contributed by atoms with Crippen LogP contribution in [0, 0.1) is 6.92 Å². The monoisotopic (exact) mass is 280 g/mol. The highest BCUT2D eigenvalue weighted by Crippen LogP contribution is 2.27. The third-order valence-electron chi connectivity index (χ3n) is 3.93. The van der Waals surface area contributed by atoms with Crippen molar-refractivity contribution in [1.82, 2.24) is 0 Å². The van der Waals surface area contributed by atoms with Gasteiger partial charge in [0.05, 0.1) is 0 Å². The molecular formula is C18H20N2O. The number of para-hydroxylation sites is 1. The first-order valence-corrected chi connectivity index (χ1v) is 7.42. The van der Waals surface area contributed by atoms with Crippen molar-refractivity contribution in [3.05, 3.63) is 59.7 Å². The van der Waals surface area contributed by atoms with Gasteiger partial charge >= 0.3 is 0 Å². The number of nitrogens with zero attached hydrogens (tertiary/aromatic N) is 1. The van der Waals surface area contributed by atoms with Crippen LogP contribution in [0.2, 0.25) is 0 Å². The van der Waals surface area contributed by atoms with Crippen LogP contribution in [0.4, 0.5) is 11.4 Å². The smallest absolute Gasteiger partial charge is 0.226 e. The number of aryl methyl sites for hydroxylation is 1. The number of anilines is 2. The van der Waals surface area contributed by atoms with E-state index in [-0.39, 0.29) is 5.91 Å². The van der Waals surface area contributed by atoms with E-state index >= 15 is 0 Å². The summed E-state index contributed by atoms with van der Waals surface area (Å²) in [6.07, 6.45) is 1.60. The lowest BCUT2D eigenvalue weighted by atomic mass is 10.2. The van der Waals surface area contributed by atoms with Crippen LogP contribution in [0.1, 0.15) is 17.5 Å². The molecule has 0 spiro atoms. The van der Waals surface area contributed by atoms with Crippen LogP contribution >= 0.6 is 0 Å². The molecular weight excluding hydrogens is 260 g/mol. The maximum Gasteiger partial charge on any atom is 0.226 e. The molecule has 0 bridgehead atoms. The summed E-state index contributed by atoms with van der Waals surface area (Å²) in [5.74, 6) is 0.0724. The van der Waals surface area contributed by atoms with Gasteiger partial charge in [-0.3, -0.25) is 4.79 Å². The molecule has 0 radical (unpaired) electrons. The van der Waals surface area contributed by atoms with Crippen LogP contribution in [0.25, 0.3) is 0 Å². The largest absolute Gasteiger partial charge is 0.370 e. The molecule has 0 aromatic heterocycles. The van der Waals surface area contributed by atoms with Crippen LogP contribution in [0.5, 0.6) is 0 Å². The van der Waals surface area contributed by atoms with Gasteiger partial charge < -0.3 is 10.2 Å². The molecule has 1 aliphatic rings. The van der Waals surface area contributed by atoms with Gasteiger partial charge in [0.25, 0.3) is 0 Å². The van der Waals surface area contributed by atoms with Crippen molar-refractivity contribution >= 4 is 17.3 Å². The Bertz CT molecular complexity index is 634. The van der Waals surface area contributed by atoms with E-state index in [1.807, 2.05) is 31.2 Å². The Morgan fingerprint density at radius 1 is 1.14 bits per heavy atom. The summed E-state index contributed by atoms with van der Waals surface area (Å²) in [6.45, 7) is 3.82. The second-order valence-electron chi connectivity index (χ2n) is 5.53. The fourth-order valence-electron chi connectivity index (χ4n) is 2.74. The molecule has 3 nitrogen and oxygen atoms in total. The number of carbonyl (C=O) groups is 1. The predicted octanol–water partition coefficient (Wildman–Crippen LogP) is 3.39. The van der Waals surface area contributed by atoms with Crippen molar-refractivity contribution in [1.29, 1.82) is 0 Å². The van der Waals surface area contributed by atoms with Crippen LogP contribution in [-0.4, -0.2) is 19.0 Å². The van der Waals surface area contributed by atoms with Crippen molar-refractivity contribution in [2.45, 2.75) is 19.8 Å². The summed E-state index contributed by atoms with van der Waals surface area (Å²) < 4.78 is 0. The van der Waals surface area contributed by atoms with Gasteiger partial charge in [-0.15, -0.1) is 0 Å². The first-order chi connectivity index (χ1) is 10.2. The number of nitrogens with one attached hydrogen (secondary N) is 1. The first-order valence-electron chi connectivity index (χ1n) is 7.42. The highest BCUT2D eigenvalue weighted by atomic mass is 16.1. The fourth-order valence-corrected chi connectivity index (χ4v) is 2.74. The summed E-state index contributed by atoms with van der Waals surface area (Å²) in [4.78, 5) is 14.3. The summed E-state index contributed by atoms with van der Waals surface area (Å²) in [5, 5.41) is 2.95. The molecule has 2 aromatic rings. The summed E-state index contributed by atoms with van der Waals surface area (Å²) in [6, 6.07) is 16.3. The Hall–Kier alpha value is -2.29. The molecule has 1 amide bonds. The number of amides is 1. The van der Waals surface area contributed by atoms with Crippen LogP contribution in [0.15, 0.2) is 48.5 Å². The van der Waals surface area contributed by atoms with Gasteiger partial charge in [-0.05, 0) is 37.1 Å². The minimum Gasteiger partial charge on any atom is -0.370 e. The lowest BCUT2D eigenvalue weighted by Crippen LogP contribution is -2.26. The molecule has 1 N–H and O–H groups in total. The normalized spacial score (nSPS) is 13.1. The second kappa shape index (κ2) is 6.00. The molecule has 0 saturated heterocycles. The fraction of sp³-hybridized carbons (Fsp3) is 0.278. The van der Waals surface area contributed by atoms with Gasteiger partial charge in [0.1, 0.15) is 0 Å². The van der Waals surface area contributed by atoms with E-state index in [0.717, 1.165) is 25.2 Å². The molecule has 3 rings (SSSR count). The van der Waals surface area contributed by atoms with Crippen LogP contribution < -0.4 is 10.2 Å². The van der Waals surface area contributed by atoms with Gasteiger partial charge in [0, 0.05) is 30.9 Å². The van der Waals surface area contributed by atoms with E-state index in [1.165, 1.54) is 16.8 Å². The summed E-state index contributed by atoms with van der Waals surface area (Å²) >= 11 is 0. The van der Waals surface area contributed by atoms with E-state index < -0.39 is 0 Å². The third-order valence-corrected chi connectivity index (χ3v) is 3.93. The zero-order valence-electron chi connectivity index (χ0n) is 12.3. The molecule has 0 atom stereocenters. The molecule has 3 heteroatoms. The van der Waals surface area contributed by atoms with E-state index in [1.54, 1.807) is 0 Å². The molecule has 1 aliphatic heterocycles. The summed E-state index contributed by atoms with van der Waals surface area (Å²) in [7, 11) is 0. The van der Waals surface area contributed by atoms with Crippen molar-refractivity contribution in [2.24, 2.45) is 0 Å². The van der Waals surface area contributed by atoms with E-state index in [2.05, 4.69) is 34.5 Å². The lowest BCUT2D eigenvalue weighted by Gasteiger charge is -2.18. The Labute approximate surface area is 125 Å². The number of hydrogen-bond acceptors (Lipinski definition) is 2. The standard InChI is InChI=1S/C18H20N2O/c1-14-6-8-16(9-7-14)19-18(21)11-13-20-12-10-15-4-2-3-5-17(15)20/h2-9H,10-13H2,1H3,(H,19,21). The maximum atomic E-state index is 12.0. The van der Waals surface area contributed by atoms with Gasteiger partial charge in [0.15, 0.2) is 0 Å². The van der Waals surface area contributed by atoms with E-state index in [9.17, 15) is 4.79 Å². The SMILES string of the molecule is Cc1ccc(NC(=O)CCN2CCc3ccccc32)cc1. The number of carbonyl (C=O) groups excluding carboxylic acids is 1. The van der Waals surface area contributed by atoms with Crippen molar-refractivity contribution in [2.75, 3.05) is 23.3 Å². The molecule has 0 unspecified atom stereocenters. The predicted molar refractivity (Wildman–Crippen MR) is 86.8 cm³/mol. The molecule has 108 valence electrons. The maximum absolute atomic E-state index is 12.0. The highest BCUT2D eigenvalue weighted by molar-refractivity contribution is 5.91. The van der Waals surface area contributed by atoms with Crippen LogP contribution in [-0.2, 0) is 11.2 Å². The Morgan fingerprint density at radius 3 is 2.71 bits per heavy atom. The molecule has 1 heterocycles. The van der Waals surface area contributed by atoms with Gasteiger partial charge in [-0.1, -0.05) is 35.9 Å². The Balaban J connectivity index is 1.54. The molecule has 0 saturated carbocycles. The molecule has 0 fully saturated rings. The van der Waals surface area contributed by atoms with Gasteiger partial charge in [0.2, 0.25) is 5.91 Å². The molecule has 2 aromatic carbocycles. The van der Waals surface area contributed by atoms with Gasteiger partial charge in [-0.2, -0.15) is 0 Å². The Morgan fingerprint density at radius 2 is 1.90 bits per heavy atom. The van der Waals surface area contributed by atoms with Crippen molar-refractivity contribution in [3.63, 3.8) is 0 Å². The highest BCUT2D eigenvalue weighted by Gasteiger charge is 2.18. The summed E-state index contributed by atoms with van der Waals surface area (Å²) in [5.41, 5.74) is 4.73. The quantitative estimate of drug-likeness (QED) is 0.931. The minimum absolute atomic E-state index is 0.0724. The van der Waals surface area contributed by atoms with Gasteiger partial charge in [-0.25, -0.2) is 0 Å². The van der Waals surface area contributed by atoms with Crippen LogP contribution in [0.3, 0.4) is 0 Å². The zero-order valence-corrected chi connectivity index (χ0v) is 12.3. The topological polar surface area (TPSA) is 32.3 Å². The lowest BCUT2D eigenvalue weighted by molar-refractivity contribution is -0.116. The zero-order chi connectivity index (χ0) is 14.7. The van der Waals surface area contributed by atoms with E-state index in [0.29, 0.717) is 6.42 Å². The first kappa shape index (κ1) is 13.7. The number of hydrogen-bond donors (Lipinski definition) is 1. The van der Waals surface area contributed by atoms with Crippen molar-refractivity contribution < 1.29 is 4.79 Å². The minimum atomic E-state index is 0.0724. The molecule has 21 heavy (non-hydrogen) atoms. The number of rotatable bonds is 4. The van der Waals surface area contributed by atoms with Crippen molar-refractivity contribution in [3.8, 4) is 0 Å². The third kappa shape index (κ3) is 3.24. The Kier molecular flexibility index (Phi) is 3.91.